The molecular formula is C15H23ClN2. The second-order valence-electron chi connectivity index (χ2n) is 6.60. The summed E-state index contributed by atoms with van der Waals surface area (Å²) in [6, 6.07) is 1.83. The molecule has 100 valence electrons. The predicted octanol–water partition coefficient (Wildman–Crippen LogP) is 4.76. The summed E-state index contributed by atoms with van der Waals surface area (Å²) in [5.74, 6) is 2.28. The van der Waals surface area contributed by atoms with Gasteiger partial charge in [0.2, 0.25) is 0 Å². The van der Waals surface area contributed by atoms with Crippen molar-refractivity contribution in [2.45, 2.75) is 59.3 Å². The van der Waals surface area contributed by atoms with Crippen molar-refractivity contribution in [3.8, 4) is 0 Å². The minimum absolute atomic E-state index is 0.427. The van der Waals surface area contributed by atoms with E-state index in [1.54, 1.807) is 0 Å². The Balaban J connectivity index is 2.05. The molecule has 0 bridgehead atoms. The Morgan fingerprint density at radius 3 is 2.22 bits per heavy atom. The van der Waals surface area contributed by atoms with Gasteiger partial charge in [-0.1, -0.05) is 32.4 Å². The lowest BCUT2D eigenvalue weighted by Gasteiger charge is -2.36. The molecule has 0 spiro atoms. The van der Waals surface area contributed by atoms with E-state index in [0.717, 1.165) is 17.4 Å². The molecule has 1 saturated carbocycles. The van der Waals surface area contributed by atoms with Crippen LogP contribution in [0.4, 0.5) is 0 Å². The van der Waals surface area contributed by atoms with Crippen molar-refractivity contribution in [2.75, 3.05) is 0 Å². The Bertz CT molecular complexity index is 395. The molecule has 1 aromatic heterocycles. The topological polar surface area (TPSA) is 25.8 Å². The van der Waals surface area contributed by atoms with Crippen molar-refractivity contribution in [1.29, 1.82) is 0 Å². The minimum Gasteiger partial charge on any atom is -0.238 e. The van der Waals surface area contributed by atoms with Crippen molar-refractivity contribution >= 4 is 11.6 Å². The Morgan fingerprint density at radius 2 is 1.72 bits per heavy atom. The van der Waals surface area contributed by atoms with Crippen LogP contribution in [0.15, 0.2) is 6.07 Å². The van der Waals surface area contributed by atoms with Crippen LogP contribution in [0.2, 0.25) is 5.15 Å². The first-order chi connectivity index (χ1) is 8.36. The highest BCUT2D eigenvalue weighted by molar-refractivity contribution is 6.29. The molecule has 1 aliphatic rings. The van der Waals surface area contributed by atoms with Crippen LogP contribution in [0, 0.1) is 18.3 Å². The zero-order chi connectivity index (χ0) is 13.3. The van der Waals surface area contributed by atoms with Crippen LogP contribution in [-0.4, -0.2) is 9.97 Å². The maximum atomic E-state index is 6.02. The molecule has 2 nitrogen and oxygen atoms in total. The summed E-state index contributed by atoms with van der Waals surface area (Å²) in [5, 5.41) is 0.579. The van der Waals surface area contributed by atoms with E-state index in [1.165, 1.54) is 25.7 Å². The summed E-state index contributed by atoms with van der Waals surface area (Å²) >= 11 is 6.02. The predicted molar refractivity (Wildman–Crippen MR) is 75.9 cm³/mol. The molecule has 2 rings (SSSR count). The van der Waals surface area contributed by atoms with Crippen LogP contribution in [-0.2, 0) is 0 Å². The third-order valence-electron chi connectivity index (χ3n) is 4.16. The van der Waals surface area contributed by atoms with Gasteiger partial charge in [0.15, 0.2) is 0 Å². The second-order valence-corrected chi connectivity index (χ2v) is 6.99. The molecule has 18 heavy (non-hydrogen) atoms. The molecule has 1 heterocycles. The molecule has 0 radical (unpaired) electrons. The summed E-state index contributed by atoms with van der Waals surface area (Å²) in [5.41, 5.74) is 1.40. The Morgan fingerprint density at radius 1 is 1.11 bits per heavy atom. The van der Waals surface area contributed by atoms with Crippen molar-refractivity contribution in [3.63, 3.8) is 0 Å². The summed E-state index contributed by atoms with van der Waals surface area (Å²) in [4.78, 5) is 8.95. The van der Waals surface area contributed by atoms with E-state index in [1.807, 2.05) is 13.0 Å². The summed E-state index contributed by atoms with van der Waals surface area (Å²) in [6.07, 6.45) is 4.95. The Labute approximate surface area is 115 Å². The molecule has 1 aromatic rings. The average Bonchev–Trinajstić information content (AvgIpc) is 2.27. The largest absolute Gasteiger partial charge is 0.238 e. The van der Waals surface area contributed by atoms with E-state index in [2.05, 4.69) is 30.7 Å². The molecular weight excluding hydrogens is 244 g/mol. The first kappa shape index (κ1) is 13.8. The number of hydrogen-bond acceptors (Lipinski definition) is 2. The van der Waals surface area contributed by atoms with E-state index >= 15 is 0 Å². The van der Waals surface area contributed by atoms with Gasteiger partial charge in [0.05, 0.1) is 0 Å². The third kappa shape index (κ3) is 3.23. The fourth-order valence-corrected chi connectivity index (χ4v) is 3.20. The van der Waals surface area contributed by atoms with Gasteiger partial charge in [-0.3, -0.25) is 0 Å². The number of halogens is 1. The maximum Gasteiger partial charge on any atom is 0.133 e. The fourth-order valence-electron chi connectivity index (χ4n) is 2.95. The lowest BCUT2D eigenvalue weighted by molar-refractivity contribution is 0.167. The molecule has 0 saturated heterocycles. The molecule has 1 fully saturated rings. The smallest absolute Gasteiger partial charge is 0.133 e. The van der Waals surface area contributed by atoms with Gasteiger partial charge in [0, 0.05) is 11.6 Å². The molecule has 0 unspecified atom stereocenters. The number of rotatable bonds is 1. The van der Waals surface area contributed by atoms with Gasteiger partial charge in [-0.2, -0.15) is 0 Å². The molecule has 3 heteroatoms. The molecule has 0 atom stereocenters. The normalized spacial score (nSPS) is 25.2. The first-order valence-corrected chi connectivity index (χ1v) is 7.25. The van der Waals surface area contributed by atoms with E-state index in [-0.39, 0.29) is 0 Å². The zero-order valence-corrected chi connectivity index (χ0v) is 12.6. The molecule has 0 aliphatic heterocycles. The number of aryl methyl sites for hydroxylation is 1. The number of aromatic nitrogens is 2. The highest BCUT2D eigenvalue weighted by atomic mass is 35.5. The van der Waals surface area contributed by atoms with E-state index in [0.29, 0.717) is 16.5 Å². The van der Waals surface area contributed by atoms with Crippen LogP contribution >= 0.6 is 11.6 Å². The van der Waals surface area contributed by atoms with Gasteiger partial charge in [0.1, 0.15) is 11.0 Å². The van der Waals surface area contributed by atoms with Gasteiger partial charge in [-0.25, -0.2) is 9.97 Å². The molecule has 0 amide bonds. The summed E-state index contributed by atoms with van der Waals surface area (Å²) < 4.78 is 0. The number of hydrogen-bond donors (Lipinski definition) is 0. The van der Waals surface area contributed by atoms with Gasteiger partial charge >= 0.3 is 0 Å². The minimum atomic E-state index is 0.427. The van der Waals surface area contributed by atoms with Gasteiger partial charge < -0.3 is 0 Å². The van der Waals surface area contributed by atoms with Crippen LogP contribution in [0.1, 0.15) is 63.9 Å². The SMILES string of the molecule is Cc1cc(Cl)nc(C2CCC(C(C)(C)C)CC2)n1. The van der Waals surface area contributed by atoms with Gasteiger partial charge in [-0.15, -0.1) is 0 Å². The van der Waals surface area contributed by atoms with E-state index in [9.17, 15) is 0 Å². The summed E-state index contributed by atoms with van der Waals surface area (Å²) in [7, 11) is 0. The highest BCUT2D eigenvalue weighted by Crippen LogP contribution is 2.42. The highest BCUT2D eigenvalue weighted by Gasteiger charge is 2.31. The first-order valence-electron chi connectivity index (χ1n) is 6.87. The van der Waals surface area contributed by atoms with Gasteiger partial charge in [-0.05, 0) is 50.0 Å². The Kier molecular flexibility index (Phi) is 3.96. The van der Waals surface area contributed by atoms with E-state index < -0.39 is 0 Å². The Hall–Kier alpha value is -0.630. The molecule has 0 aromatic carbocycles. The van der Waals surface area contributed by atoms with Crippen LogP contribution in [0.3, 0.4) is 0 Å². The van der Waals surface area contributed by atoms with Crippen molar-refractivity contribution < 1.29 is 0 Å². The number of nitrogens with zero attached hydrogens (tertiary/aromatic N) is 2. The quantitative estimate of drug-likeness (QED) is 0.685. The molecule has 0 N–H and O–H groups in total. The van der Waals surface area contributed by atoms with Gasteiger partial charge in [0.25, 0.3) is 0 Å². The summed E-state index contributed by atoms with van der Waals surface area (Å²) in [6.45, 7) is 9.02. The lowest BCUT2D eigenvalue weighted by atomic mass is 9.70. The maximum absolute atomic E-state index is 6.02. The van der Waals surface area contributed by atoms with Crippen LogP contribution < -0.4 is 0 Å². The second kappa shape index (κ2) is 5.16. The van der Waals surface area contributed by atoms with Crippen LogP contribution in [0.25, 0.3) is 0 Å². The lowest BCUT2D eigenvalue weighted by Crippen LogP contribution is -2.25. The van der Waals surface area contributed by atoms with Crippen molar-refractivity contribution in [2.24, 2.45) is 11.3 Å². The average molecular weight is 267 g/mol. The third-order valence-corrected chi connectivity index (χ3v) is 4.35. The van der Waals surface area contributed by atoms with Crippen molar-refractivity contribution in [3.05, 3.63) is 22.7 Å². The zero-order valence-electron chi connectivity index (χ0n) is 11.8. The molecule has 1 aliphatic carbocycles. The van der Waals surface area contributed by atoms with E-state index in [4.69, 9.17) is 11.6 Å². The fraction of sp³-hybridized carbons (Fsp3) is 0.733. The van der Waals surface area contributed by atoms with Crippen LogP contribution in [0.5, 0.6) is 0 Å². The van der Waals surface area contributed by atoms with Crippen molar-refractivity contribution in [1.82, 2.24) is 9.97 Å². The monoisotopic (exact) mass is 266 g/mol. The standard InChI is InChI=1S/C15H23ClN2/c1-10-9-13(16)18-14(17-10)11-5-7-12(8-6-11)15(2,3)4/h9,11-12H,5-8H2,1-4H3.